The first-order valence-corrected chi connectivity index (χ1v) is 27.9. The van der Waals surface area contributed by atoms with Gasteiger partial charge < -0.3 is 14.2 Å². The second kappa shape index (κ2) is 50.4. The highest BCUT2D eigenvalue weighted by Crippen LogP contribution is 2.18. The summed E-state index contributed by atoms with van der Waals surface area (Å²) in [5.41, 5.74) is 0. The van der Waals surface area contributed by atoms with Gasteiger partial charge in [-0.15, -0.1) is 0 Å². The van der Waals surface area contributed by atoms with Crippen molar-refractivity contribution in [2.75, 3.05) is 13.2 Å². The predicted octanol–water partition coefficient (Wildman–Crippen LogP) is 18.2. The molecule has 0 heterocycles. The minimum atomic E-state index is -0.761. The fourth-order valence-electron chi connectivity index (χ4n) is 8.57. The number of ether oxygens (including phenoxy) is 3. The van der Waals surface area contributed by atoms with Gasteiger partial charge in [-0.3, -0.25) is 14.4 Å². The van der Waals surface area contributed by atoms with Gasteiger partial charge in [0.1, 0.15) is 13.2 Å². The SMILES string of the molecule is CCCCCCCCCCCCCCCCCCCC(=O)OC[C@H](COC(=O)CCCCCCCCCCCCCC(C)C)OC(=O)CCCCCCCCCCCCCCC. The molecule has 0 saturated carbocycles. The van der Waals surface area contributed by atoms with Crippen LogP contribution >= 0.6 is 0 Å². The number of rotatable bonds is 51. The standard InChI is InChI=1S/C56H108O6/c1-5-7-9-11-13-15-17-19-20-21-22-24-27-31-35-39-43-47-54(57)60-50-53(62-56(59)49-45-41-37-33-28-23-18-16-14-12-10-8-6-2)51-61-55(58)48-44-40-36-32-29-25-26-30-34-38-42-46-52(3)4/h52-53H,5-51H2,1-4H3/t53-/m1/s1. The molecule has 368 valence electrons. The van der Waals surface area contributed by atoms with Crippen molar-refractivity contribution in [3.8, 4) is 0 Å². The number of esters is 3. The van der Waals surface area contributed by atoms with E-state index in [4.69, 9.17) is 14.2 Å². The van der Waals surface area contributed by atoms with Crippen LogP contribution in [0.25, 0.3) is 0 Å². The lowest BCUT2D eigenvalue weighted by Crippen LogP contribution is -2.30. The Bertz CT molecular complexity index is 933. The van der Waals surface area contributed by atoms with E-state index < -0.39 is 6.10 Å². The van der Waals surface area contributed by atoms with Crippen LogP contribution in [0.2, 0.25) is 0 Å². The lowest BCUT2D eigenvalue weighted by Gasteiger charge is -2.18. The molecule has 0 aromatic carbocycles. The monoisotopic (exact) mass is 877 g/mol. The van der Waals surface area contributed by atoms with Crippen molar-refractivity contribution in [3.63, 3.8) is 0 Å². The molecule has 0 saturated heterocycles. The Balaban J connectivity index is 4.28. The van der Waals surface area contributed by atoms with Gasteiger partial charge >= 0.3 is 17.9 Å². The van der Waals surface area contributed by atoms with Crippen LogP contribution in [0.1, 0.15) is 317 Å². The van der Waals surface area contributed by atoms with Crippen molar-refractivity contribution in [3.05, 3.63) is 0 Å². The normalized spacial score (nSPS) is 12.0. The first-order chi connectivity index (χ1) is 30.4. The molecule has 1 atom stereocenters. The lowest BCUT2D eigenvalue weighted by atomic mass is 10.0. The average Bonchev–Trinajstić information content (AvgIpc) is 3.26. The van der Waals surface area contributed by atoms with E-state index in [1.54, 1.807) is 0 Å². The summed E-state index contributed by atoms with van der Waals surface area (Å²) in [5.74, 6) is -0.0117. The van der Waals surface area contributed by atoms with Crippen LogP contribution in [-0.4, -0.2) is 37.2 Å². The van der Waals surface area contributed by atoms with E-state index >= 15 is 0 Å². The summed E-state index contributed by atoms with van der Waals surface area (Å²) >= 11 is 0. The van der Waals surface area contributed by atoms with Gasteiger partial charge in [-0.2, -0.15) is 0 Å². The van der Waals surface area contributed by atoms with Gasteiger partial charge in [0, 0.05) is 19.3 Å². The minimum Gasteiger partial charge on any atom is -0.462 e. The van der Waals surface area contributed by atoms with Crippen molar-refractivity contribution in [2.24, 2.45) is 5.92 Å². The second-order valence-corrected chi connectivity index (χ2v) is 19.7. The van der Waals surface area contributed by atoms with Crippen LogP contribution in [0.4, 0.5) is 0 Å². The molecule has 0 aliphatic rings. The van der Waals surface area contributed by atoms with Gasteiger partial charge in [0.05, 0.1) is 0 Å². The van der Waals surface area contributed by atoms with Gasteiger partial charge in [0.25, 0.3) is 0 Å². The molecule has 0 spiro atoms. The van der Waals surface area contributed by atoms with E-state index in [0.29, 0.717) is 19.3 Å². The van der Waals surface area contributed by atoms with Crippen LogP contribution < -0.4 is 0 Å². The smallest absolute Gasteiger partial charge is 0.306 e. The van der Waals surface area contributed by atoms with E-state index in [1.807, 2.05) is 0 Å². The van der Waals surface area contributed by atoms with Gasteiger partial charge in [-0.25, -0.2) is 0 Å². The van der Waals surface area contributed by atoms with Gasteiger partial charge in [0.2, 0.25) is 0 Å². The average molecular weight is 877 g/mol. The van der Waals surface area contributed by atoms with Gasteiger partial charge in [-0.05, 0) is 25.2 Å². The topological polar surface area (TPSA) is 78.9 Å². The second-order valence-electron chi connectivity index (χ2n) is 19.7. The van der Waals surface area contributed by atoms with Crippen LogP contribution in [0.15, 0.2) is 0 Å². The zero-order valence-corrected chi connectivity index (χ0v) is 42.3. The van der Waals surface area contributed by atoms with Crippen LogP contribution in [-0.2, 0) is 28.6 Å². The fourth-order valence-corrected chi connectivity index (χ4v) is 8.57. The maximum Gasteiger partial charge on any atom is 0.306 e. The van der Waals surface area contributed by atoms with E-state index in [9.17, 15) is 14.4 Å². The predicted molar refractivity (Wildman–Crippen MR) is 266 cm³/mol. The summed E-state index contributed by atoms with van der Waals surface area (Å²) in [5, 5.41) is 0. The van der Waals surface area contributed by atoms with Crippen LogP contribution in [0.3, 0.4) is 0 Å². The molecule has 0 bridgehead atoms. The Kier molecular flexibility index (Phi) is 49.1. The molecule has 0 aromatic rings. The van der Waals surface area contributed by atoms with Crippen molar-refractivity contribution in [1.29, 1.82) is 0 Å². The Morgan fingerprint density at radius 1 is 0.306 bits per heavy atom. The first-order valence-electron chi connectivity index (χ1n) is 27.9. The fraction of sp³-hybridized carbons (Fsp3) is 0.946. The first kappa shape index (κ1) is 60.4. The molecule has 0 aliphatic heterocycles. The summed E-state index contributed by atoms with van der Waals surface area (Å²) in [7, 11) is 0. The third-order valence-corrected chi connectivity index (χ3v) is 12.8. The van der Waals surface area contributed by atoms with E-state index in [-0.39, 0.29) is 31.1 Å². The van der Waals surface area contributed by atoms with Crippen molar-refractivity contribution >= 4 is 17.9 Å². The van der Waals surface area contributed by atoms with Gasteiger partial charge in [0.15, 0.2) is 6.10 Å². The molecule has 0 fully saturated rings. The molecule has 62 heavy (non-hydrogen) atoms. The summed E-state index contributed by atoms with van der Waals surface area (Å²) in [6, 6.07) is 0. The zero-order chi connectivity index (χ0) is 45.2. The highest BCUT2D eigenvalue weighted by Gasteiger charge is 2.19. The maximum absolute atomic E-state index is 12.8. The number of unbranched alkanes of at least 4 members (excludes halogenated alkanes) is 38. The van der Waals surface area contributed by atoms with E-state index in [2.05, 4.69) is 27.7 Å². The molecule has 6 heteroatoms. The van der Waals surface area contributed by atoms with E-state index in [0.717, 1.165) is 63.7 Å². The molecular formula is C56H108O6. The molecule has 6 nitrogen and oxygen atoms in total. The Hall–Kier alpha value is -1.59. The number of hydrogen-bond acceptors (Lipinski definition) is 6. The summed E-state index contributed by atoms with van der Waals surface area (Å²) in [4.78, 5) is 38.0. The Morgan fingerprint density at radius 2 is 0.532 bits per heavy atom. The third kappa shape index (κ3) is 49.4. The summed E-state index contributed by atoms with van der Waals surface area (Å²) in [6.45, 7) is 9.04. The lowest BCUT2D eigenvalue weighted by molar-refractivity contribution is -0.167. The molecule has 0 unspecified atom stereocenters. The number of carbonyl (C=O) groups excluding carboxylic acids is 3. The number of carbonyl (C=O) groups is 3. The van der Waals surface area contributed by atoms with Crippen molar-refractivity contribution in [1.82, 2.24) is 0 Å². The largest absolute Gasteiger partial charge is 0.462 e. The molecular weight excluding hydrogens is 769 g/mol. The molecule has 0 radical (unpaired) electrons. The van der Waals surface area contributed by atoms with Crippen LogP contribution in [0, 0.1) is 5.92 Å². The maximum atomic E-state index is 12.8. The highest BCUT2D eigenvalue weighted by atomic mass is 16.6. The summed E-state index contributed by atoms with van der Waals surface area (Å²) < 4.78 is 16.9. The van der Waals surface area contributed by atoms with E-state index in [1.165, 1.54) is 212 Å². The highest BCUT2D eigenvalue weighted by molar-refractivity contribution is 5.71. The van der Waals surface area contributed by atoms with Gasteiger partial charge in [-0.1, -0.05) is 278 Å². The van der Waals surface area contributed by atoms with Crippen molar-refractivity contribution in [2.45, 2.75) is 323 Å². The Labute approximate surface area is 387 Å². The summed E-state index contributed by atoms with van der Waals surface area (Å²) in [6.07, 6.45) is 53.7. The quantitative estimate of drug-likeness (QED) is 0.0344. The molecule has 0 N–H and O–H groups in total. The molecule has 0 amide bonds. The zero-order valence-electron chi connectivity index (χ0n) is 42.3. The molecule has 0 rings (SSSR count). The van der Waals surface area contributed by atoms with Crippen LogP contribution in [0.5, 0.6) is 0 Å². The molecule has 0 aromatic heterocycles. The van der Waals surface area contributed by atoms with Crippen molar-refractivity contribution < 1.29 is 28.6 Å². The molecule has 0 aliphatic carbocycles. The minimum absolute atomic E-state index is 0.0621. The third-order valence-electron chi connectivity index (χ3n) is 12.8. The Morgan fingerprint density at radius 3 is 0.790 bits per heavy atom. The number of hydrogen-bond donors (Lipinski definition) is 0.